The maximum atomic E-state index is 13.5. The van der Waals surface area contributed by atoms with Crippen molar-refractivity contribution in [3.05, 3.63) is 82.7 Å². The van der Waals surface area contributed by atoms with Gasteiger partial charge in [0.1, 0.15) is 23.7 Å². The second-order valence-electron chi connectivity index (χ2n) is 11.6. The molecule has 9 nitrogen and oxygen atoms in total. The maximum Gasteiger partial charge on any atom is 0.416 e. The van der Waals surface area contributed by atoms with Gasteiger partial charge in [0.25, 0.3) is 11.8 Å². The van der Waals surface area contributed by atoms with Gasteiger partial charge in [-0.05, 0) is 54.4 Å². The number of carbonyl (C=O) groups excluding carboxylic acids is 2. The molecule has 4 N–H and O–H groups in total. The van der Waals surface area contributed by atoms with E-state index in [0.717, 1.165) is 12.1 Å². The van der Waals surface area contributed by atoms with Gasteiger partial charge in [0.15, 0.2) is 0 Å². The zero-order valence-electron chi connectivity index (χ0n) is 25.3. The molecule has 44 heavy (non-hydrogen) atoms. The summed E-state index contributed by atoms with van der Waals surface area (Å²) in [6, 6.07) is 10.9. The minimum absolute atomic E-state index is 0.111. The number of pyridine rings is 1. The molecule has 0 aliphatic carbocycles. The molecule has 13 heteroatoms. The van der Waals surface area contributed by atoms with Crippen LogP contribution >= 0.6 is 0 Å². The molecule has 0 bridgehead atoms. The van der Waals surface area contributed by atoms with E-state index < -0.39 is 31.6 Å². The zero-order chi connectivity index (χ0) is 32.2. The molecule has 2 aromatic heterocycles. The van der Waals surface area contributed by atoms with Gasteiger partial charge < -0.3 is 30.4 Å². The van der Waals surface area contributed by atoms with Crippen LogP contribution in [0.2, 0.25) is 25.7 Å². The fourth-order valence-corrected chi connectivity index (χ4v) is 5.29. The normalized spacial score (nSPS) is 11.9. The average molecular weight is 628 g/mol. The summed E-state index contributed by atoms with van der Waals surface area (Å²) in [4.78, 5) is 30.7. The van der Waals surface area contributed by atoms with E-state index in [1.54, 1.807) is 19.1 Å². The number of fused-ring (bicyclic) bond motifs is 1. The first-order valence-corrected chi connectivity index (χ1v) is 17.7. The summed E-state index contributed by atoms with van der Waals surface area (Å²) >= 11 is 0. The third-order valence-electron chi connectivity index (χ3n) is 7.06. The predicted molar refractivity (Wildman–Crippen MR) is 167 cm³/mol. The Morgan fingerprint density at radius 3 is 2.45 bits per heavy atom. The van der Waals surface area contributed by atoms with E-state index >= 15 is 0 Å². The van der Waals surface area contributed by atoms with Crippen LogP contribution in [0.15, 0.2) is 54.9 Å². The number of hydrogen-bond acceptors (Lipinski definition) is 6. The Morgan fingerprint density at radius 2 is 1.80 bits per heavy atom. The number of nitrogens with zero attached hydrogens (tertiary/aromatic N) is 2. The fraction of sp³-hybridized carbons (Fsp3) is 0.323. The number of alkyl halides is 3. The highest BCUT2D eigenvalue weighted by Crippen LogP contribution is 2.33. The van der Waals surface area contributed by atoms with Crippen molar-refractivity contribution in [3.8, 4) is 5.75 Å². The minimum Gasteiger partial charge on any atom is -0.495 e. The molecule has 0 saturated heterocycles. The molecular formula is C31H36F3N5O4Si. The lowest BCUT2D eigenvalue weighted by Crippen LogP contribution is -2.22. The molecule has 0 atom stereocenters. The van der Waals surface area contributed by atoms with Gasteiger partial charge in [0.05, 0.1) is 18.1 Å². The molecule has 0 aliphatic rings. The lowest BCUT2D eigenvalue weighted by atomic mass is 10.0. The number of nitrogens with two attached hydrogens (primary N) is 1. The third kappa shape index (κ3) is 7.65. The summed E-state index contributed by atoms with van der Waals surface area (Å²) in [5.41, 5.74) is 6.35. The zero-order valence-corrected chi connectivity index (χ0v) is 26.3. The number of carbonyl (C=O) groups is 2. The molecule has 0 aliphatic heterocycles. The Bertz CT molecular complexity index is 1680. The van der Waals surface area contributed by atoms with Crippen LogP contribution < -0.4 is 21.1 Å². The minimum atomic E-state index is -4.66. The molecule has 2 aromatic carbocycles. The molecule has 2 heterocycles. The number of nitrogens with one attached hydrogen (secondary N) is 2. The summed E-state index contributed by atoms with van der Waals surface area (Å²) in [7, 11) is 0.252. The van der Waals surface area contributed by atoms with Crippen molar-refractivity contribution >= 4 is 42.3 Å². The molecule has 0 radical (unpaired) electrons. The summed E-state index contributed by atoms with van der Waals surface area (Å²) in [5, 5.41) is 6.06. The largest absolute Gasteiger partial charge is 0.495 e. The van der Waals surface area contributed by atoms with Gasteiger partial charge in [0, 0.05) is 50.6 Å². The molecule has 2 amide bonds. The quantitative estimate of drug-likeness (QED) is 0.127. The van der Waals surface area contributed by atoms with Gasteiger partial charge >= 0.3 is 6.18 Å². The first-order valence-electron chi connectivity index (χ1n) is 13.9. The topological polar surface area (TPSA) is 121 Å². The monoisotopic (exact) mass is 627 g/mol. The number of methoxy groups -OCH3 is 1. The first kappa shape index (κ1) is 32.7. The number of aryl methyl sites for hydroxylation is 1. The van der Waals surface area contributed by atoms with Gasteiger partial charge in [-0.3, -0.25) is 9.59 Å². The van der Waals surface area contributed by atoms with Crippen molar-refractivity contribution < 1.29 is 32.2 Å². The number of anilines is 2. The number of aromatic nitrogens is 2. The van der Waals surface area contributed by atoms with Gasteiger partial charge in [0.2, 0.25) is 0 Å². The number of halogens is 3. The van der Waals surface area contributed by atoms with Crippen LogP contribution in [0.25, 0.3) is 11.0 Å². The van der Waals surface area contributed by atoms with Crippen LogP contribution in [0.1, 0.15) is 37.4 Å². The van der Waals surface area contributed by atoms with Crippen LogP contribution in [-0.4, -0.2) is 43.2 Å². The van der Waals surface area contributed by atoms with Gasteiger partial charge in [-0.15, -0.1) is 0 Å². The third-order valence-corrected chi connectivity index (χ3v) is 8.76. The van der Waals surface area contributed by atoms with Crippen LogP contribution in [0.3, 0.4) is 0 Å². The van der Waals surface area contributed by atoms with Crippen LogP contribution in [-0.2, 0) is 24.2 Å². The van der Waals surface area contributed by atoms with Crippen molar-refractivity contribution in [2.24, 2.45) is 5.73 Å². The Morgan fingerprint density at radius 1 is 1.05 bits per heavy atom. The Labute approximate surface area is 254 Å². The summed E-state index contributed by atoms with van der Waals surface area (Å²) < 4.78 is 53.7. The molecule has 4 aromatic rings. The lowest BCUT2D eigenvalue weighted by Gasteiger charge is -2.16. The van der Waals surface area contributed by atoms with Crippen molar-refractivity contribution in [2.45, 2.75) is 52.1 Å². The Kier molecular flexibility index (Phi) is 9.81. The lowest BCUT2D eigenvalue weighted by molar-refractivity contribution is -0.138. The SMILES string of the molecule is COc1c(C(=O)Nc2cc(NC(=O)c3ccc(CN)c(C(F)(F)F)c3)ccc2C)cnc2c1ccn2COCC[Si](C)(C)C. The summed E-state index contributed by atoms with van der Waals surface area (Å²) in [6.07, 6.45) is -1.40. The number of benzene rings is 2. The van der Waals surface area contributed by atoms with Crippen LogP contribution in [0, 0.1) is 6.92 Å². The van der Waals surface area contributed by atoms with E-state index in [-0.39, 0.29) is 28.9 Å². The second-order valence-corrected chi connectivity index (χ2v) is 17.2. The van der Waals surface area contributed by atoms with E-state index in [1.165, 1.54) is 31.5 Å². The van der Waals surface area contributed by atoms with Gasteiger partial charge in [-0.25, -0.2) is 4.98 Å². The standard InChI is InChI=1S/C31H36F3N5O4Si/c1-19-6-9-22(37-29(40)20-7-8-21(16-35)25(14-20)31(32,33)34)15-26(19)38-30(41)24-17-36-28-23(27(24)42-2)10-11-39(28)18-43-12-13-44(3,4)5/h6-11,14-15,17H,12-13,16,18,35H2,1-5H3,(H,37,40)(H,38,41). The molecule has 4 rings (SSSR count). The molecule has 0 fully saturated rings. The Hall–Kier alpha value is -4.20. The van der Waals surface area contributed by atoms with Gasteiger partial charge in [-0.2, -0.15) is 13.2 Å². The molecule has 234 valence electrons. The molecule has 0 unspecified atom stereocenters. The summed E-state index contributed by atoms with van der Waals surface area (Å²) in [5.74, 6) is -0.892. The highest BCUT2D eigenvalue weighted by molar-refractivity contribution is 6.76. The average Bonchev–Trinajstić information content (AvgIpc) is 3.38. The smallest absolute Gasteiger partial charge is 0.416 e. The van der Waals surface area contributed by atoms with E-state index in [0.29, 0.717) is 41.4 Å². The molecular weight excluding hydrogens is 591 g/mol. The van der Waals surface area contributed by atoms with Crippen molar-refractivity contribution in [1.82, 2.24) is 9.55 Å². The van der Waals surface area contributed by atoms with E-state index in [4.69, 9.17) is 15.2 Å². The highest BCUT2D eigenvalue weighted by Gasteiger charge is 2.33. The van der Waals surface area contributed by atoms with Crippen LogP contribution in [0.5, 0.6) is 5.75 Å². The fourth-order valence-electron chi connectivity index (χ4n) is 4.53. The number of amides is 2. The van der Waals surface area contributed by atoms with E-state index in [2.05, 4.69) is 35.3 Å². The van der Waals surface area contributed by atoms with Crippen molar-refractivity contribution in [1.29, 1.82) is 0 Å². The highest BCUT2D eigenvalue weighted by atomic mass is 28.3. The number of hydrogen-bond donors (Lipinski definition) is 3. The second kappa shape index (κ2) is 13.2. The van der Waals surface area contributed by atoms with Crippen LogP contribution in [0.4, 0.5) is 24.5 Å². The van der Waals surface area contributed by atoms with Crippen molar-refractivity contribution in [2.75, 3.05) is 24.4 Å². The predicted octanol–water partition coefficient (Wildman–Crippen LogP) is 6.65. The summed E-state index contributed by atoms with van der Waals surface area (Å²) in [6.45, 7) is 9.28. The van der Waals surface area contributed by atoms with E-state index in [1.807, 2.05) is 16.8 Å². The van der Waals surface area contributed by atoms with E-state index in [9.17, 15) is 22.8 Å². The maximum absolute atomic E-state index is 13.5. The first-order chi connectivity index (χ1) is 20.7. The van der Waals surface area contributed by atoms with Crippen molar-refractivity contribution in [3.63, 3.8) is 0 Å². The molecule has 0 spiro atoms. The number of rotatable bonds is 11. The Balaban J connectivity index is 1.51. The number of ether oxygens (including phenoxy) is 2. The van der Waals surface area contributed by atoms with Gasteiger partial charge in [-0.1, -0.05) is 31.8 Å². The molecule has 0 saturated carbocycles.